The van der Waals surface area contributed by atoms with E-state index in [0.717, 1.165) is 24.3 Å². The van der Waals surface area contributed by atoms with Crippen LogP contribution in [0.25, 0.3) is 0 Å². The van der Waals surface area contributed by atoms with Crippen molar-refractivity contribution in [2.45, 2.75) is 6.18 Å². The molecule has 7 heteroatoms. The number of halogens is 3. The van der Waals surface area contributed by atoms with Crippen LogP contribution in [0.15, 0.2) is 24.3 Å². The molecule has 94 valence electrons. The first-order valence-corrected chi connectivity index (χ1v) is 4.35. The third-order valence-electron chi connectivity index (χ3n) is 1.55. The number of carboxylic acid groups (broad SMARTS) is 1. The van der Waals surface area contributed by atoms with E-state index in [1.807, 2.05) is 0 Å². The molecule has 0 aliphatic heterocycles. The summed E-state index contributed by atoms with van der Waals surface area (Å²) in [6.07, 6.45) is -3.83. The number of aldehydes is 1. The summed E-state index contributed by atoms with van der Waals surface area (Å²) in [5.74, 6) is -0.968. The van der Waals surface area contributed by atoms with Crippen LogP contribution in [0.2, 0.25) is 0 Å². The van der Waals surface area contributed by atoms with Crippen molar-refractivity contribution in [1.29, 1.82) is 0 Å². The molecule has 0 aliphatic carbocycles. The van der Waals surface area contributed by atoms with Crippen molar-refractivity contribution in [1.82, 2.24) is 0 Å². The van der Waals surface area contributed by atoms with E-state index in [9.17, 15) is 22.8 Å². The maximum Gasteiger partial charge on any atom is 0.416 e. The molecular formula is C10H10F3NO3. The van der Waals surface area contributed by atoms with E-state index in [1.54, 1.807) is 0 Å². The Morgan fingerprint density at radius 2 is 1.71 bits per heavy atom. The molecule has 0 unspecified atom stereocenters. The van der Waals surface area contributed by atoms with E-state index >= 15 is 0 Å². The number of carbonyl (C=O) groups is 2. The lowest BCUT2D eigenvalue weighted by Gasteiger charge is -2.04. The van der Waals surface area contributed by atoms with Gasteiger partial charge in [0, 0.05) is 5.56 Å². The minimum Gasteiger partial charge on any atom is -0.480 e. The topological polar surface area (TPSA) is 80.4 Å². The molecule has 0 saturated heterocycles. The molecule has 17 heavy (non-hydrogen) atoms. The first-order chi connectivity index (χ1) is 7.81. The van der Waals surface area contributed by atoms with Gasteiger partial charge in [-0.3, -0.25) is 9.59 Å². The van der Waals surface area contributed by atoms with Crippen LogP contribution in [0.3, 0.4) is 0 Å². The van der Waals surface area contributed by atoms with Crippen molar-refractivity contribution in [3.05, 3.63) is 35.4 Å². The second-order valence-corrected chi connectivity index (χ2v) is 2.84. The van der Waals surface area contributed by atoms with E-state index in [0.29, 0.717) is 6.29 Å². The van der Waals surface area contributed by atoms with Crippen molar-refractivity contribution in [3.63, 3.8) is 0 Å². The molecule has 3 N–H and O–H groups in total. The number of rotatable bonds is 2. The van der Waals surface area contributed by atoms with Gasteiger partial charge in [0.15, 0.2) is 0 Å². The molecular weight excluding hydrogens is 239 g/mol. The fraction of sp³-hybridized carbons (Fsp3) is 0.200. The van der Waals surface area contributed by atoms with E-state index in [1.165, 1.54) is 0 Å². The zero-order valence-corrected chi connectivity index (χ0v) is 8.57. The second kappa shape index (κ2) is 6.64. The average molecular weight is 249 g/mol. The third kappa shape index (κ3) is 6.31. The van der Waals surface area contributed by atoms with Crippen molar-refractivity contribution in [2.75, 3.05) is 6.54 Å². The smallest absolute Gasteiger partial charge is 0.416 e. The van der Waals surface area contributed by atoms with E-state index in [2.05, 4.69) is 5.73 Å². The maximum absolute atomic E-state index is 11.9. The van der Waals surface area contributed by atoms with Crippen LogP contribution >= 0.6 is 0 Å². The van der Waals surface area contributed by atoms with Gasteiger partial charge in [0.05, 0.1) is 12.1 Å². The Kier molecular flexibility index (Phi) is 5.90. The molecule has 0 saturated carbocycles. The lowest BCUT2D eigenvalue weighted by atomic mass is 10.1. The van der Waals surface area contributed by atoms with Crippen LogP contribution in [-0.4, -0.2) is 23.9 Å². The van der Waals surface area contributed by atoms with Crippen LogP contribution in [0.5, 0.6) is 0 Å². The Hall–Kier alpha value is -1.89. The Labute approximate surface area is 94.9 Å². The molecule has 1 rings (SSSR count). The summed E-state index contributed by atoms with van der Waals surface area (Å²) in [6, 6.07) is 4.03. The number of hydrogen-bond donors (Lipinski definition) is 2. The number of alkyl halides is 3. The molecule has 0 spiro atoms. The molecule has 0 aliphatic rings. The molecule has 0 radical (unpaired) electrons. The lowest BCUT2D eigenvalue weighted by Crippen LogP contribution is -2.10. The molecule has 4 nitrogen and oxygen atoms in total. The number of benzene rings is 1. The maximum atomic E-state index is 11.9. The largest absolute Gasteiger partial charge is 0.480 e. The molecule has 1 aromatic rings. The Bertz CT molecular complexity index is 373. The van der Waals surface area contributed by atoms with Crippen molar-refractivity contribution >= 4 is 12.3 Å². The van der Waals surface area contributed by atoms with Crippen LogP contribution in [0.4, 0.5) is 13.2 Å². The SMILES string of the molecule is NCC(=O)O.O=Cc1ccc(C(F)(F)F)cc1. The minimum absolute atomic E-state index is 0.239. The fourth-order valence-corrected chi connectivity index (χ4v) is 0.751. The number of aliphatic carboxylic acids is 1. The molecule has 0 fully saturated rings. The summed E-state index contributed by atoms with van der Waals surface area (Å²) < 4.78 is 35.8. The van der Waals surface area contributed by atoms with Gasteiger partial charge in [0.25, 0.3) is 0 Å². The number of hydrogen-bond acceptors (Lipinski definition) is 3. The number of carboxylic acids is 1. The Morgan fingerprint density at radius 3 is 1.94 bits per heavy atom. The van der Waals surface area contributed by atoms with Gasteiger partial charge in [-0.05, 0) is 12.1 Å². The normalized spacial score (nSPS) is 10.1. The van der Waals surface area contributed by atoms with Gasteiger partial charge in [0.2, 0.25) is 0 Å². The molecule has 0 aromatic heterocycles. The van der Waals surface area contributed by atoms with Crippen LogP contribution in [0.1, 0.15) is 15.9 Å². The van der Waals surface area contributed by atoms with E-state index < -0.39 is 17.7 Å². The highest BCUT2D eigenvalue weighted by atomic mass is 19.4. The van der Waals surface area contributed by atoms with Gasteiger partial charge >= 0.3 is 12.1 Å². The van der Waals surface area contributed by atoms with Gasteiger partial charge in [-0.1, -0.05) is 12.1 Å². The molecule has 0 atom stereocenters. The van der Waals surface area contributed by atoms with E-state index in [-0.39, 0.29) is 12.1 Å². The van der Waals surface area contributed by atoms with Gasteiger partial charge < -0.3 is 10.8 Å². The second-order valence-electron chi connectivity index (χ2n) is 2.84. The Balaban J connectivity index is 0.000000437. The summed E-state index contributed by atoms with van der Waals surface area (Å²) in [7, 11) is 0. The van der Waals surface area contributed by atoms with E-state index in [4.69, 9.17) is 5.11 Å². The van der Waals surface area contributed by atoms with Crippen molar-refractivity contribution in [3.8, 4) is 0 Å². The molecule has 0 amide bonds. The quantitative estimate of drug-likeness (QED) is 0.779. The monoisotopic (exact) mass is 249 g/mol. The first kappa shape index (κ1) is 15.1. The fourth-order valence-electron chi connectivity index (χ4n) is 0.751. The van der Waals surface area contributed by atoms with Gasteiger partial charge in [0.1, 0.15) is 6.29 Å². The predicted molar refractivity (Wildman–Crippen MR) is 53.5 cm³/mol. The van der Waals surface area contributed by atoms with Gasteiger partial charge in [-0.25, -0.2) is 0 Å². The highest BCUT2D eigenvalue weighted by molar-refractivity contribution is 5.74. The zero-order valence-electron chi connectivity index (χ0n) is 8.57. The highest BCUT2D eigenvalue weighted by Gasteiger charge is 2.29. The molecule has 1 aromatic carbocycles. The molecule has 0 bridgehead atoms. The first-order valence-electron chi connectivity index (χ1n) is 4.35. The standard InChI is InChI=1S/C8H5F3O.C2H5NO2/c9-8(10,11)7-3-1-6(5-12)2-4-7;3-1-2(4)5/h1-5H;1,3H2,(H,4,5). The Morgan fingerprint density at radius 1 is 1.29 bits per heavy atom. The summed E-state index contributed by atoms with van der Waals surface area (Å²) in [4.78, 5) is 19.3. The van der Waals surface area contributed by atoms with Crippen LogP contribution in [0, 0.1) is 0 Å². The van der Waals surface area contributed by atoms with Crippen molar-refractivity contribution < 1.29 is 27.9 Å². The van der Waals surface area contributed by atoms with Gasteiger partial charge in [-0.2, -0.15) is 13.2 Å². The predicted octanol–water partition coefficient (Wildman–Crippen LogP) is 1.55. The summed E-state index contributed by atoms with van der Waals surface area (Å²) in [5, 5.41) is 7.60. The summed E-state index contributed by atoms with van der Waals surface area (Å²) in [5.41, 5.74) is 4.07. The minimum atomic E-state index is -4.33. The van der Waals surface area contributed by atoms with Crippen LogP contribution in [-0.2, 0) is 11.0 Å². The number of carbonyl (C=O) groups excluding carboxylic acids is 1. The zero-order chi connectivity index (χ0) is 13.5. The van der Waals surface area contributed by atoms with Crippen molar-refractivity contribution in [2.24, 2.45) is 5.73 Å². The summed E-state index contributed by atoms with van der Waals surface area (Å²) >= 11 is 0. The lowest BCUT2D eigenvalue weighted by molar-refractivity contribution is -0.137. The summed E-state index contributed by atoms with van der Waals surface area (Å²) in [6.45, 7) is -0.278. The highest BCUT2D eigenvalue weighted by Crippen LogP contribution is 2.28. The van der Waals surface area contributed by atoms with Crippen LogP contribution < -0.4 is 5.73 Å². The van der Waals surface area contributed by atoms with Gasteiger partial charge in [-0.15, -0.1) is 0 Å². The third-order valence-corrected chi connectivity index (χ3v) is 1.55. The number of nitrogens with two attached hydrogens (primary N) is 1. The average Bonchev–Trinajstić information content (AvgIpc) is 2.29. The molecule has 0 heterocycles.